The van der Waals surface area contributed by atoms with E-state index in [1.807, 2.05) is 0 Å². The molecule has 1 aromatic carbocycles. The van der Waals surface area contributed by atoms with E-state index in [9.17, 15) is 9.18 Å². The van der Waals surface area contributed by atoms with Crippen LogP contribution in [0.3, 0.4) is 0 Å². The Morgan fingerprint density at radius 3 is 2.63 bits per heavy atom. The molecule has 6 heteroatoms. The molecule has 0 amide bonds. The highest BCUT2D eigenvalue weighted by atomic mass is 35.5. The zero-order chi connectivity index (χ0) is 14.2. The summed E-state index contributed by atoms with van der Waals surface area (Å²) >= 11 is 6.11. The van der Waals surface area contributed by atoms with Gasteiger partial charge in [-0.2, -0.15) is 5.10 Å². The molecule has 0 saturated heterocycles. The maximum Gasteiger partial charge on any atom is 0.356 e. The number of benzene rings is 1. The average molecular weight is 283 g/mol. The first kappa shape index (κ1) is 13.5. The average Bonchev–Trinajstić information content (AvgIpc) is 2.71. The van der Waals surface area contributed by atoms with Gasteiger partial charge < -0.3 is 5.11 Å². The number of hydrogen-bond acceptors (Lipinski definition) is 2. The van der Waals surface area contributed by atoms with E-state index in [1.165, 1.54) is 23.7 Å². The Balaban J connectivity index is 2.50. The third-order valence-corrected chi connectivity index (χ3v) is 3.14. The van der Waals surface area contributed by atoms with Gasteiger partial charge in [0.2, 0.25) is 0 Å². The van der Waals surface area contributed by atoms with Crippen molar-refractivity contribution in [2.45, 2.75) is 13.1 Å². The number of aromatic carboxylic acids is 1. The summed E-state index contributed by atoms with van der Waals surface area (Å²) < 4.78 is 14.6. The Morgan fingerprint density at radius 1 is 1.47 bits per heavy atom. The Kier molecular flexibility index (Phi) is 3.57. The third-order valence-electron chi connectivity index (χ3n) is 2.83. The van der Waals surface area contributed by atoms with Gasteiger partial charge in [0.25, 0.3) is 0 Å². The van der Waals surface area contributed by atoms with Crippen LogP contribution in [0.1, 0.15) is 29.1 Å². The third kappa shape index (κ3) is 2.61. The van der Waals surface area contributed by atoms with Crippen LogP contribution in [0, 0.1) is 0 Å². The van der Waals surface area contributed by atoms with Crippen LogP contribution in [0.2, 0.25) is 5.02 Å². The molecule has 2 aromatic rings. The van der Waals surface area contributed by atoms with Crippen LogP contribution in [-0.2, 0) is 7.05 Å². The van der Waals surface area contributed by atoms with Gasteiger partial charge in [-0.25, -0.2) is 9.18 Å². The van der Waals surface area contributed by atoms with Crippen molar-refractivity contribution >= 4 is 17.6 Å². The molecular formula is C13H12ClFN2O2. The molecule has 100 valence electrons. The van der Waals surface area contributed by atoms with Crippen LogP contribution in [0.5, 0.6) is 0 Å². The minimum atomic E-state index is -1.10. The largest absolute Gasteiger partial charge is 0.476 e. The van der Waals surface area contributed by atoms with E-state index in [4.69, 9.17) is 16.7 Å². The van der Waals surface area contributed by atoms with Gasteiger partial charge in [-0.3, -0.25) is 4.68 Å². The van der Waals surface area contributed by atoms with Crippen molar-refractivity contribution in [3.05, 3.63) is 40.5 Å². The van der Waals surface area contributed by atoms with Crippen molar-refractivity contribution in [3.63, 3.8) is 0 Å². The lowest BCUT2D eigenvalue weighted by Crippen LogP contribution is -1.99. The number of hydrogen-bond donors (Lipinski definition) is 1. The fourth-order valence-electron chi connectivity index (χ4n) is 1.81. The summed E-state index contributed by atoms with van der Waals surface area (Å²) in [5.74, 6) is -1.10. The molecule has 0 saturated carbocycles. The number of alkyl halides is 1. The number of carbonyl (C=O) groups is 1. The van der Waals surface area contributed by atoms with E-state index in [2.05, 4.69) is 5.10 Å². The van der Waals surface area contributed by atoms with Crippen LogP contribution >= 0.6 is 11.6 Å². The van der Waals surface area contributed by atoms with E-state index in [1.54, 1.807) is 19.2 Å². The molecule has 1 atom stereocenters. The SMILES string of the molecule is CC(F)c1ccc(-c2cc(C(=O)O)nn2C)c(Cl)c1. The lowest BCUT2D eigenvalue weighted by molar-refractivity contribution is 0.0689. The molecule has 0 spiro atoms. The van der Waals surface area contributed by atoms with Crippen molar-refractivity contribution in [2.24, 2.45) is 7.05 Å². The molecule has 0 bridgehead atoms. The van der Waals surface area contributed by atoms with E-state index in [0.29, 0.717) is 21.8 Å². The molecule has 1 N–H and O–H groups in total. The lowest BCUT2D eigenvalue weighted by atomic mass is 10.1. The molecule has 0 aliphatic rings. The normalized spacial score (nSPS) is 12.4. The highest BCUT2D eigenvalue weighted by Crippen LogP contribution is 2.31. The number of nitrogens with zero attached hydrogens (tertiary/aromatic N) is 2. The number of carboxylic acid groups (broad SMARTS) is 1. The van der Waals surface area contributed by atoms with E-state index in [0.717, 1.165) is 0 Å². The fraction of sp³-hybridized carbons (Fsp3) is 0.231. The van der Waals surface area contributed by atoms with Crippen molar-refractivity contribution in [1.29, 1.82) is 0 Å². The number of rotatable bonds is 3. The van der Waals surface area contributed by atoms with E-state index < -0.39 is 12.1 Å². The van der Waals surface area contributed by atoms with Gasteiger partial charge in [0.1, 0.15) is 6.17 Å². The van der Waals surface area contributed by atoms with Gasteiger partial charge in [-0.15, -0.1) is 0 Å². The molecular weight excluding hydrogens is 271 g/mol. The molecule has 4 nitrogen and oxygen atoms in total. The van der Waals surface area contributed by atoms with Crippen LogP contribution in [0.25, 0.3) is 11.3 Å². The predicted octanol–water partition coefficient (Wildman–Crippen LogP) is 3.47. The van der Waals surface area contributed by atoms with Gasteiger partial charge in [-0.05, 0) is 24.6 Å². The van der Waals surface area contributed by atoms with Crippen LogP contribution in [0.4, 0.5) is 4.39 Å². The molecule has 0 aliphatic heterocycles. The predicted molar refractivity (Wildman–Crippen MR) is 70.1 cm³/mol. The first-order valence-corrected chi connectivity index (χ1v) is 5.99. The molecule has 0 aliphatic carbocycles. The minimum Gasteiger partial charge on any atom is -0.476 e. The first-order valence-electron chi connectivity index (χ1n) is 5.61. The smallest absolute Gasteiger partial charge is 0.356 e. The number of aryl methyl sites for hydroxylation is 1. The van der Waals surface area contributed by atoms with Crippen molar-refractivity contribution < 1.29 is 14.3 Å². The maximum atomic E-state index is 13.2. The topological polar surface area (TPSA) is 55.1 Å². The zero-order valence-electron chi connectivity index (χ0n) is 10.4. The van der Waals surface area contributed by atoms with Gasteiger partial charge >= 0.3 is 5.97 Å². The summed E-state index contributed by atoms with van der Waals surface area (Å²) in [6, 6.07) is 6.26. The molecule has 0 fully saturated rings. The van der Waals surface area contributed by atoms with Gasteiger partial charge in [-0.1, -0.05) is 23.7 Å². The number of carboxylic acids is 1. The van der Waals surface area contributed by atoms with Crippen LogP contribution in [-0.4, -0.2) is 20.9 Å². The zero-order valence-corrected chi connectivity index (χ0v) is 11.1. The molecule has 1 heterocycles. The second-order valence-electron chi connectivity index (χ2n) is 4.20. The van der Waals surface area contributed by atoms with Gasteiger partial charge in [0.15, 0.2) is 5.69 Å². The molecule has 0 radical (unpaired) electrons. The highest BCUT2D eigenvalue weighted by molar-refractivity contribution is 6.33. The van der Waals surface area contributed by atoms with Crippen molar-refractivity contribution in [1.82, 2.24) is 9.78 Å². The summed E-state index contributed by atoms with van der Waals surface area (Å²) in [6.45, 7) is 1.43. The van der Waals surface area contributed by atoms with Crippen LogP contribution < -0.4 is 0 Å². The molecule has 19 heavy (non-hydrogen) atoms. The second kappa shape index (κ2) is 5.01. The first-order chi connectivity index (χ1) is 8.90. The Morgan fingerprint density at radius 2 is 2.16 bits per heavy atom. The molecule has 1 aromatic heterocycles. The highest BCUT2D eigenvalue weighted by Gasteiger charge is 2.15. The standard InChI is InChI=1S/C13H12ClFN2O2/c1-7(15)8-3-4-9(10(14)5-8)12-6-11(13(18)19)16-17(12)2/h3-7H,1-2H3,(H,18,19). The molecule has 2 rings (SSSR count). The monoisotopic (exact) mass is 282 g/mol. The minimum absolute atomic E-state index is 0.0588. The van der Waals surface area contributed by atoms with Crippen LogP contribution in [0.15, 0.2) is 24.3 Å². The van der Waals surface area contributed by atoms with Crippen molar-refractivity contribution in [3.8, 4) is 11.3 Å². The Hall–Kier alpha value is -1.88. The second-order valence-corrected chi connectivity index (χ2v) is 4.61. The van der Waals surface area contributed by atoms with Gasteiger partial charge in [0, 0.05) is 12.6 Å². The lowest BCUT2D eigenvalue weighted by Gasteiger charge is -2.08. The van der Waals surface area contributed by atoms with Gasteiger partial charge in [0.05, 0.1) is 10.7 Å². The van der Waals surface area contributed by atoms with Crippen molar-refractivity contribution in [2.75, 3.05) is 0 Å². The summed E-state index contributed by atoms with van der Waals surface area (Å²) in [4.78, 5) is 10.9. The quantitative estimate of drug-likeness (QED) is 0.938. The number of halogens is 2. The summed E-state index contributed by atoms with van der Waals surface area (Å²) in [7, 11) is 1.63. The summed E-state index contributed by atoms with van der Waals surface area (Å²) in [5.41, 5.74) is 1.61. The Labute approximate surface area is 114 Å². The maximum absolute atomic E-state index is 13.2. The van der Waals surface area contributed by atoms with E-state index >= 15 is 0 Å². The molecule has 1 unspecified atom stereocenters. The Bertz CT molecular complexity index is 638. The number of aromatic nitrogens is 2. The summed E-state index contributed by atoms with van der Waals surface area (Å²) in [6.07, 6.45) is -1.10. The fourth-order valence-corrected chi connectivity index (χ4v) is 2.10. The summed E-state index contributed by atoms with van der Waals surface area (Å²) in [5, 5.41) is 13.1. The van der Waals surface area contributed by atoms with E-state index in [-0.39, 0.29) is 5.69 Å².